The number of aliphatic hydroxyl groups is 1. The van der Waals surface area contributed by atoms with Crippen LogP contribution in [0.5, 0.6) is 5.75 Å². The number of hydrogen-bond donors (Lipinski definition) is 2. The minimum absolute atomic E-state index is 0.225. The fraction of sp³-hybridized carbons (Fsp3) is 0.278. The molecule has 1 aliphatic rings. The molecule has 126 valence electrons. The van der Waals surface area contributed by atoms with Gasteiger partial charge < -0.3 is 15.2 Å². The molecule has 0 saturated carbocycles. The predicted molar refractivity (Wildman–Crippen MR) is 88.5 cm³/mol. The summed E-state index contributed by atoms with van der Waals surface area (Å²) in [5.74, 6) is -0.413. The van der Waals surface area contributed by atoms with E-state index in [0.29, 0.717) is 22.8 Å². The molecule has 24 heavy (non-hydrogen) atoms. The molecule has 1 aliphatic heterocycles. The summed E-state index contributed by atoms with van der Waals surface area (Å²) in [4.78, 5) is 12.5. The molecule has 0 aliphatic carbocycles. The van der Waals surface area contributed by atoms with Gasteiger partial charge in [0.1, 0.15) is 18.2 Å². The molecule has 4 nitrogen and oxygen atoms in total. The van der Waals surface area contributed by atoms with Crippen LogP contribution in [-0.4, -0.2) is 24.2 Å². The van der Waals surface area contributed by atoms with E-state index in [1.54, 1.807) is 30.3 Å². The molecule has 1 heterocycles. The second kappa shape index (κ2) is 7.20. The Kier molecular flexibility index (Phi) is 5.02. The van der Waals surface area contributed by atoms with Crippen LogP contribution in [0.15, 0.2) is 42.5 Å². The van der Waals surface area contributed by atoms with Gasteiger partial charge in [-0.3, -0.25) is 4.79 Å². The van der Waals surface area contributed by atoms with Crippen molar-refractivity contribution in [3.8, 4) is 5.75 Å². The van der Waals surface area contributed by atoms with Crippen LogP contribution in [0.4, 0.5) is 4.39 Å². The van der Waals surface area contributed by atoms with Crippen molar-refractivity contribution in [2.24, 2.45) is 5.92 Å². The lowest BCUT2D eigenvalue weighted by Gasteiger charge is -2.26. The monoisotopic (exact) mass is 349 g/mol. The van der Waals surface area contributed by atoms with Gasteiger partial charge in [0.2, 0.25) is 5.91 Å². The van der Waals surface area contributed by atoms with Gasteiger partial charge in [0, 0.05) is 5.02 Å². The number of carbonyl (C=O) groups is 1. The molecule has 2 aromatic carbocycles. The van der Waals surface area contributed by atoms with E-state index in [4.69, 9.17) is 16.3 Å². The quantitative estimate of drug-likeness (QED) is 0.892. The van der Waals surface area contributed by atoms with Crippen molar-refractivity contribution in [1.29, 1.82) is 0 Å². The van der Waals surface area contributed by atoms with Gasteiger partial charge in [0.05, 0.1) is 18.6 Å². The van der Waals surface area contributed by atoms with Crippen molar-refractivity contribution in [3.63, 3.8) is 0 Å². The molecule has 3 rings (SSSR count). The van der Waals surface area contributed by atoms with Crippen LogP contribution in [-0.2, 0) is 11.2 Å². The molecule has 0 fully saturated rings. The Hall–Kier alpha value is -2.11. The third-order valence-corrected chi connectivity index (χ3v) is 4.32. The Bertz CT molecular complexity index is 736. The zero-order valence-electron chi connectivity index (χ0n) is 12.8. The summed E-state index contributed by atoms with van der Waals surface area (Å²) < 4.78 is 18.9. The normalized spacial score (nSPS) is 17.5. The molecule has 2 aromatic rings. The highest BCUT2D eigenvalue weighted by atomic mass is 35.5. The van der Waals surface area contributed by atoms with E-state index in [0.717, 1.165) is 5.56 Å². The third-order valence-electron chi connectivity index (χ3n) is 4.07. The molecule has 0 spiro atoms. The number of hydrogen-bond acceptors (Lipinski definition) is 3. The van der Waals surface area contributed by atoms with Gasteiger partial charge in [-0.15, -0.1) is 0 Å². The summed E-state index contributed by atoms with van der Waals surface area (Å²) >= 11 is 5.85. The topological polar surface area (TPSA) is 58.6 Å². The second-order valence-corrected chi connectivity index (χ2v) is 6.20. The first-order chi connectivity index (χ1) is 11.6. The Morgan fingerprint density at radius 2 is 2.08 bits per heavy atom. The van der Waals surface area contributed by atoms with Crippen LogP contribution in [0.2, 0.25) is 5.02 Å². The van der Waals surface area contributed by atoms with Gasteiger partial charge >= 0.3 is 0 Å². The van der Waals surface area contributed by atoms with Gasteiger partial charge in [-0.05, 0) is 47.9 Å². The van der Waals surface area contributed by atoms with Gasteiger partial charge in [-0.1, -0.05) is 23.7 Å². The average Bonchev–Trinajstić information content (AvgIpc) is 2.59. The van der Waals surface area contributed by atoms with E-state index in [9.17, 15) is 14.3 Å². The summed E-state index contributed by atoms with van der Waals surface area (Å²) in [5, 5.41) is 13.0. The lowest BCUT2D eigenvalue weighted by molar-refractivity contribution is -0.127. The highest BCUT2D eigenvalue weighted by Gasteiger charge is 2.28. The standard InChI is InChI=1S/C18H17ClFNO3/c19-14-3-1-11(2-4-14)16(9-22)21-18(23)13-7-12-8-15(20)5-6-17(12)24-10-13/h1-6,8,13,16,22H,7,9-10H2,(H,21,23). The largest absolute Gasteiger partial charge is 0.492 e. The lowest BCUT2D eigenvalue weighted by Crippen LogP contribution is -2.40. The summed E-state index contributed by atoms with van der Waals surface area (Å²) in [7, 11) is 0. The zero-order chi connectivity index (χ0) is 17.1. The maximum absolute atomic E-state index is 13.3. The Morgan fingerprint density at radius 3 is 2.79 bits per heavy atom. The minimum atomic E-state index is -0.524. The van der Waals surface area contributed by atoms with Gasteiger partial charge in [-0.25, -0.2) is 4.39 Å². The summed E-state index contributed by atoms with van der Waals surface area (Å²) in [5.41, 5.74) is 1.44. The molecule has 0 radical (unpaired) electrons. The molecule has 2 N–H and O–H groups in total. The smallest absolute Gasteiger partial charge is 0.227 e. The van der Waals surface area contributed by atoms with Gasteiger partial charge in [-0.2, -0.15) is 0 Å². The van der Waals surface area contributed by atoms with Crippen molar-refractivity contribution >= 4 is 17.5 Å². The maximum atomic E-state index is 13.3. The first-order valence-electron chi connectivity index (χ1n) is 7.64. The summed E-state index contributed by atoms with van der Waals surface area (Å²) in [6.45, 7) is -0.00457. The fourth-order valence-electron chi connectivity index (χ4n) is 2.75. The molecule has 0 bridgehead atoms. The van der Waals surface area contributed by atoms with Crippen LogP contribution in [0.3, 0.4) is 0 Å². The van der Waals surface area contributed by atoms with Crippen LogP contribution < -0.4 is 10.1 Å². The number of fused-ring (bicyclic) bond motifs is 1. The maximum Gasteiger partial charge on any atom is 0.227 e. The number of aliphatic hydroxyl groups excluding tert-OH is 1. The van der Waals surface area contributed by atoms with E-state index < -0.39 is 12.0 Å². The molecule has 2 atom stereocenters. The van der Waals surface area contributed by atoms with Crippen molar-refractivity contribution < 1.29 is 19.0 Å². The highest BCUT2D eigenvalue weighted by molar-refractivity contribution is 6.30. The average molecular weight is 350 g/mol. The van der Waals surface area contributed by atoms with E-state index >= 15 is 0 Å². The van der Waals surface area contributed by atoms with Crippen molar-refractivity contribution in [3.05, 3.63) is 64.4 Å². The van der Waals surface area contributed by atoms with Crippen molar-refractivity contribution in [2.45, 2.75) is 12.5 Å². The Morgan fingerprint density at radius 1 is 1.33 bits per heavy atom. The highest BCUT2D eigenvalue weighted by Crippen LogP contribution is 2.28. The van der Waals surface area contributed by atoms with Gasteiger partial charge in [0.15, 0.2) is 0 Å². The first-order valence-corrected chi connectivity index (χ1v) is 8.02. The molecule has 6 heteroatoms. The number of halogens is 2. The van der Waals surface area contributed by atoms with Crippen LogP contribution >= 0.6 is 11.6 Å². The third kappa shape index (κ3) is 3.68. The number of benzene rings is 2. The van der Waals surface area contributed by atoms with Crippen molar-refractivity contribution in [1.82, 2.24) is 5.32 Å². The fourth-order valence-corrected chi connectivity index (χ4v) is 2.88. The van der Waals surface area contributed by atoms with Crippen LogP contribution in [0.1, 0.15) is 17.2 Å². The molecule has 0 saturated heterocycles. The molecule has 2 unspecified atom stereocenters. The number of rotatable bonds is 4. The Labute approximate surface area is 144 Å². The Balaban J connectivity index is 1.69. The number of carbonyl (C=O) groups excluding carboxylic acids is 1. The van der Waals surface area contributed by atoms with Crippen LogP contribution in [0.25, 0.3) is 0 Å². The van der Waals surface area contributed by atoms with E-state index in [2.05, 4.69) is 5.32 Å². The molecular formula is C18H17ClFNO3. The van der Waals surface area contributed by atoms with E-state index in [-0.39, 0.29) is 24.9 Å². The summed E-state index contributed by atoms with van der Waals surface area (Å²) in [6, 6.07) is 10.7. The van der Waals surface area contributed by atoms with Crippen LogP contribution in [0, 0.1) is 11.7 Å². The van der Waals surface area contributed by atoms with Crippen molar-refractivity contribution in [2.75, 3.05) is 13.2 Å². The minimum Gasteiger partial charge on any atom is -0.492 e. The summed E-state index contributed by atoms with van der Waals surface area (Å²) in [6.07, 6.45) is 0.400. The molecule has 0 aromatic heterocycles. The SMILES string of the molecule is O=C(NC(CO)c1ccc(Cl)cc1)C1COc2ccc(F)cc2C1. The van der Waals surface area contributed by atoms with E-state index in [1.165, 1.54) is 12.1 Å². The predicted octanol–water partition coefficient (Wildman–Crippen LogP) is 2.88. The number of nitrogens with one attached hydrogen (secondary N) is 1. The molecule has 1 amide bonds. The number of amides is 1. The molecular weight excluding hydrogens is 333 g/mol. The zero-order valence-corrected chi connectivity index (χ0v) is 13.6. The van der Waals surface area contributed by atoms with Gasteiger partial charge in [0.25, 0.3) is 0 Å². The lowest BCUT2D eigenvalue weighted by atomic mass is 9.95. The first kappa shape index (κ1) is 16.7. The van der Waals surface area contributed by atoms with E-state index in [1.807, 2.05) is 0 Å². The second-order valence-electron chi connectivity index (χ2n) is 5.76. The number of ether oxygens (including phenoxy) is 1.